The van der Waals surface area contributed by atoms with Gasteiger partial charge >= 0.3 is 10.2 Å². The third-order valence-electron chi connectivity index (χ3n) is 4.73. The van der Waals surface area contributed by atoms with Gasteiger partial charge in [0.05, 0.1) is 13.7 Å². The molecule has 2 heterocycles. The molecule has 0 radical (unpaired) electrons. The molecule has 0 spiro atoms. The van der Waals surface area contributed by atoms with Gasteiger partial charge < -0.3 is 9.47 Å². The SMILES string of the molecule is CCOc1nn2c(=N)n(CC(=O)c3cc(OC)cc(S(F)(F)(F)(F)F)c3)nc2c(C)c1C. The topological polar surface area (TPSA) is 94.5 Å². The number of aromatic nitrogens is 4. The van der Waals surface area contributed by atoms with E-state index in [1.165, 1.54) is 0 Å². The first-order chi connectivity index (χ1) is 14.5. The highest BCUT2D eigenvalue weighted by Crippen LogP contribution is 3.02. The molecule has 0 aliphatic carbocycles. The van der Waals surface area contributed by atoms with E-state index >= 15 is 0 Å². The number of ether oxygens (including phenoxy) is 2. The number of hydrogen-bond donors (Lipinski definition) is 1. The molecule has 0 unspecified atom stereocenters. The molecular weight excluding hydrogens is 461 g/mol. The summed E-state index contributed by atoms with van der Waals surface area (Å²) in [6, 6.07) is 1.13. The minimum Gasteiger partial charge on any atom is -0.497 e. The molecule has 2 aromatic heterocycles. The Labute approximate surface area is 178 Å². The van der Waals surface area contributed by atoms with Crippen molar-refractivity contribution < 1.29 is 33.7 Å². The molecular formula is C18H20F5N5O3S. The van der Waals surface area contributed by atoms with Crippen molar-refractivity contribution >= 4 is 21.7 Å². The fourth-order valence-electron chi connectivity index (χ4n) is 2.92. The molecule has 1 N–H and O–H groups in total. The van der Waals surface area contributed by atoms with Gasteiger partial charge in [-0.1, -0.05) is 19.4 Å². The van der Waals surface area contributed by atoms with E-state index in [1.54, 1.807) is 20.8 Å². The van der Waals surface area contributed by atoms with Gasteiger partial charge in [-0.15, -0.1) is 10.2 Å². The van der Waals surface area contributed by atoms with Crippen LogP contribution >= 0.6 is 10.2 Å². The number of carbonyl (C=O) groups is 1. The first-order valence-corrected chi connectivity index (χ1v) is 11.1. The molecule has 0 saturated carbocycles. The van der Waals surface area contributed by atoms with Gasteiger partial charge in [0, 0.05) is 22.8 Å². The van der Waals surface area contributed by atoms with Gasteiger partial charge in [0.1, 0.15) is 17.2 Å². The lowest BCUT2D eigenvalue weighted by Gasteiger charge is -2.40. The van der Waals surface area contributed by atoms with Crippen LogP contribution in [0.4, 0.5) is 19.4 Å². The van der Waals surface area contributed by atoms with Gasteiger partial charge in [0.2, 0.25) is 11.5 Å². The molecule has 0 saturated heterocycles. The zero-order valence-electron chi connectivity index (χ0n) is 17.5. The monoisotopic (exact) mass is 481 g/mol. The average molecular weight is 481 g/mol. The maximum Gasteiger partial charge on any atom is 0.310 e. The lowest BCUT2D eigenvalue weighted by atomic mass is 10.1. The fraction of sp³-hybridized carbons (Fsp3) is 0.333. The lowest BCUT2D eigenvalue weighted by Crippen LogP contribution is -2.26. The first-order valence-electron chi connectivity index (χ1n) is 9.16. The molecule has 176 valence electrons. The smallest absolute Gasteiger partial charge is 0.310 e. The van der Waals surface area contributed by atoms with Crippen molar-refractivity contribution in [2.24, 2.45) is 0 Å². The average Bonchev–Trinajstić information content (AvgIpc) is 2.99. The minimum absolute atomic E-state index is 0.0766. The second-order valence-corrected chi connectivity index (χ2v) is 9.40. The van der Waals surface area contributed by atoms with Crippen LogP contribution in [0.25, 0.3) is 5.65 Å². The number of nitrogens with one attached hydrogen (secondary N) is 1. The highest BCUT2D eigenvalue weighted by Gasteiger charge is 2.65. The van der Waals surface area contributed by atoms with Gasteiger partial charge in [-0.3, -0.25) is 10.2 Å². The number of ketones is 1. The molecule has 0 aliphatic rings. The Bertz CT molecular complexity index is 1300. The number of hydrogen-bond acceptors (Lipinski definition) is 6. The van der Waals surface area contributed by atoms with E-state index in [0.29, 0.717) is 17.7 Å². The molecule has 1 aromatic carbocycles. The lowest BCUT2D eigenvalue weighted by molar-refractivity contribution is 0.0965. The number of halogens is 5. The molecule has 0 bridgehead atoms. The third-order valence-corrected chi connectivity index (χ3v) is 5.85. The Morgan fingerprint density at radius 2 is 1.75 bits per heavy atom. The van der Waals surface area contributed by atoms with Crippen LogP contribution in [0.15, 0.2) is 23.1 Å². The van der Waals surface area contributed by atoms with E-state index in [-0.39, 0.29) is 29.3 Å². The normalized spacial score (nSPS) is 14.2. The Balaban J connectivity index is 2.07. The third kappa shape index (κ3) is 4.40. The van der Waals surface area contributed by atoms with Gasteiger partial charge in [0.25, 0.3) is 0 Å². The molecule has 0 aliphatic heterocycles. The predicted molar refractivity (Wildman–Crippen MR) is 106 cm³/mol. The van der Waals surface area contributed by atoms with Crippen molar-refractivity contribution in [3.05, 3.63) is 40.5 Å². The number of rotatable bonds is 7. The molecule has 0 amide bonds. The van der Waals surface area contributed by atoms with Crippen LogP contribution in [-0.2, 0) is 6.54 Å². The summed E-state index contributed by atoms with van der Waals surface area (Å²) >= 11 is 0. The summed E-state index contributed by atoms with van der Waals surface area (Å²) in [7, 11) is -9.07. The first kappa shape index (κ1) is 23.5. The Morgan fingerprint density at radius 1 is 1.09 bits per heavy atom. The van der Waals surface area contributed by atoms with E-state index in [9.17, 15) is 24.2 Å². The van der Waals surface area contributed by atoms with Crippen molar-refractivity contribution in [1.29, 1.82) is 5.41 Å². The summed E-state index contributed by atoms with van der Waals surface area (Å²) < 4.78 is 78.5. The minimum atomic E-state index is -10.1. The summed E-state index contributed by atoms with van der Waals surface area (Å²) in [5.74, 6) is -1.27. The van der Waals surface area contributed by atoms with Crippen molar-refractivity contribution in [2.45, 2.75) is 32.2 Å². The van der Waals surface area contributed by atoms with Crippen LogP contribution < -0.4 is 15.1 Å². The van der Waals surface area contributed by atoms with Crippen LogP contribution in [0.2, 0.25) is 0 Å². The van der Waals surface area contributed by atoms with Crippen LogP contribution in [-0.4, -0.2) is 38.9 Å². The second-order valence-electron chi connectivity index (χ2n) is 6.99. The molecule has 0 atom stereocenters. The van der Waals surface area contributed by atoms with Gasteiger partial charge in [0.15, 0.2) is 11.4 Å². The molecule has 3 rings (SSSR count). The number of nitrogens with zero attached hydrogens (tertiary/aromatic N) is 4. The summed E-state index contributed by atoms with van der Waals surface area (Å²) in [5.41, 5.74) is 0.506. The Kier molecular flexibility index (Phi) is 5.08. The van der Waals surface area contributed by atoms with Crippen molar-refractivity contribution in [1.82, 2.24) is 19.4 Å². The van der Waals surface area contributed by atoms with E-state index in [4.69, 9.17) is 10.1 Å². The molecule has 0 fully saturated rings. The van der Waals surface area contributed by atoms with Gasteiger partial charge in [-0.05, 0) is 32.9 Å². The summed E-state index contributed by atoms with van der Waals surface area (Å²) in [4.78, 5) is 10.4. The summed E-state index contributed by atoms with van der Waals surface area (Å²) in [6.07, 6.45) is 0. The van der Waals surface area contributed by atoms with Gasteiger partial charge in [-0.25, -0.2) is 4.68 Å². The number of aryl methyl sites for hydroxylation is 1. The van der Waals surface area contributed by atoms with Crippen molar-refractivity contribution in [3.63, 3.8) is 0 Å². The largest absolute Gasteiger partial charge is 0.497 e. The molecule has 14 heteroatoms. The van der Waals surface area contributed by atoms with Crippen molar-refractivity contribution in [2.75, 3.05) is 13.7 Å². The van der Waals surface area contributed by atoms with Crippen molar-refractivity contribution in [3.8, 4) is 11.6 Å². The Hall–Kier alpha value is -3.16. The Morgan fingerprint density at radius 3 is 2.31 bits per heavy atom. The van der Waals surface area contributed by atoms with E-state index in [1.807, 2.05) is 0 Å². The maximum absolute atomic E-state index is 13.3. The highest BCUT2D eigenvalue weighted by molar-refractivity contribution is 8.45. The highest BCUT2D eigenvalue weighted by atomic mass is 32.5. The van der Waals surface area contributed by atoms with Crippen LogP contribution in [0.3, 0.4) is 0 Å². The molecule has 8 nitrogen and oxygen atoms in total. The predicted octanol–water partition coefficient (Wildman–Crippen LogP) is 4.57. The fourth-order valence-corrected chi connectivity index (χ4v) is 3.61. The zero-order valence-corrected chi connectivity index (χ0v) is 18.3. The number of methoxy groups -OCH3 is 1. The molecule has 3 aromatic rings. The van der Waals surface area contributed by atoms with Gasteiger partial charge in [-0.2, -0.15) is 4.52 Å². The number of carbonyl (C=O) groups excluding carboxylic acids is 1. The molecule has 32 heavy (non-hydrogen) atoms. The second kappa shape index (κ2) is 6.92. The summed E-state index contributed by atoms with van der Waals surface area (Å²) in [6.45, 7) is 4.83. The number of Topliss-reactive ketones (excluding diaryl/α,β-unsaturated/α-hetero) is 1. The van der Waals surface area contributed by atoms with Crippen LogP contribution in [0.5, 0.6) is 11.6 Å². The quantitative estimate of drug-likeness (QED) is 0.394. The summed E-state index contributed by atoms with van der Waals surface area (Å²) in [5, 5.41) is 16.5. The van der Waals surface area contributed by atoms with E-state index in [2.05, 4.69) is 14.9 Å². The maximum atomic E-state index is 13.3. The number of benzene rings is 1. The van der Waals surface area contributed by atoms with Crippen LogP contribution in [0.1, 0.15) is 28.4 Å². The van der Waals surface area contributed by atoms with Crippen LogP contribution in [0, 0.1) is 19.3 Å². The standard InChI is InChI=1S/C18H20F5N5O3S/c1-5-31-17-11(3)10(2)16-25-27(18(24)28(16)26-17)9-15(29)12-6-13(30-4)8-14(7-12)32(19,20,21,22)23/h6-8,24H,5,9H2,1-4H3. The zero-order chi connectivity index (χ0) is 24.1. The van der Waals surface area contributed by atoms with E-state index in [0.717, 1.165) is 22.4 Å². The van der Waals surface area contributed by atoms with E-state index < -0.39 is 38.8 Å². The number of fused-ring (bicyclic) bond motifs is 1.